The number of para-hydroxylation sites is 1. The number of hydrogen-bond acceptors (Lipinski definition) is 8. The quantitative estimate of drug-likeness (QED) is 0.349. The summed E-state index contributed by atoms with van der Waals surface area (Å²) in [6.45, 7) is 5.12. The van der Waals surface area contributed by atoms with Crippen molar-refractivity contribution in [3.05, 3.63) is 65.3 Å². The number of nitrogens with two attached hydrogens (primary N) is 1. The molecule has 2 aromatic carbocycles. The fraction of sp³-hybridized carbons (Fsp3) is 0.208. The van der Waals surface area contributed by atoms with Crippen LogP contribution in [0.2, 0.25) is 5.02 Å². The first kappa shape index (κ1) is 23.0. The first-order valence-corrected chi connectivity index (χ1v) is 11.9. The summed E-state index contributed by atoms with van der Waals surface area (Å²) in [5.74, 6) is 0.764. The first-order valence-electron chi connectivity index (χ1n) is 11.2. The summed E-state index contributed by atoms with van der Waals surface area (Å²) in [5.41, 5.74) is 9.92. The number of benzene rings is 2. The van der Waals surface area contributed by atoms with Crippen LogP contribution in [0, 0.1) is 6.92 Å². The maximum atomic E-state index is 6.14. The number of aryl methyl sites for hydroxylation is 1. The summed E-state index contributed by atoms with van der Waals surface area (Å²) in [6, 6.07) is 15.7. The Morgan fingerprint density at radius 3 is 2.57 bits per heavy atom. The molecule has 0 aliphatic carbocycles. The van der Waals surface area contributed by atoms with Crippen molar-refractivity contribution in [2.24, 2.45) is 0 Å². The molecule has 0 spiro atoms. The number of thiocarbonyl (C=S) groups is 1. The average molecular weight is 506 g/mol. The van der Waals surface area contributed by atoms with Crippen LogP contribution < -0.4 is 21.3 Å². The van der Waals surface area contributed by atoms with E-state index in [9.17, 15) is 0 Å². The molecule has 35 heavy (non-hydrogen) atoms. The molecule has 4 N–H and O–H groups in total. The zero-order valence-electron chi connectivity index (χ0n) is 19.1. The van der Waals surface area contributed by atoms with Crippen LogP contribution in [0.5, 0.6) is 0 Å². The first-order chi connectivity index (χ1) is 17.0. The molecular formula is C24H24ClN9S. The molecule has 1 aliphatic rings. The van der Waals surface area contributed by atoms with Gasteiger partial charge >= 0.3 is 0 Å². The Kier molecular flexibility index (Phi) is 6.47. The number of halogens is 1. The molecule has 0 radical (unpaired) electrons. The lowest BCUT2D eigenvalue weighted by Gasteiger charge is -2.37. The lowest BCUT2D eigenvalue weighted by Crippen LogP contribution is -2.50. The van der Waals surface area contributed by atoms with Crippen molar-refractivity contribution in [3.8, 4) is 0 Å². The standard InChI is InChI=1S/C24H24ClN9S/c1-15-4-2-3-5-18(15)28-22-29-21(26)30-23(31-22)32-24(35)34-12-10-33(11-13-34)20-8-9-27-19-14-16(25)6-7-17(19)20/h2-9,14H,10-13H2,1H3,(H4,26,28,29,30,31,32,35). The normalized spacial score (nSPS) is 13.7. The van der Waals surface area contributed by atoms with Crippen LogP contribution in [0.25, 0.3) is 10.9 Å². The molecule has 0 saturated carbocycles. The zero-order valence-corrected chi connectivity index (χ0v) is 20.6. The number of hydrogen-bond donors (Lipinski definition) is 3. The monoisotopic (exact) mass is 505 g/mol. The summed E-state index contributed by atoms with van der Waals surface area (Å²) in [6.07, 6.45) is 1.82. The van der Waals surface area contributed by atoms with E-state index >= 15 is 0 Å². The number of pyridine rings is 1. The van der Waals surface area contributed by atoms with Gasteiger partial charge in [-0.2, -0.15) is 15.0 Å². The van der Waals surface area contributed by atoms with Gasteiger partial charge in [-0.3, -0.25) is 4.98 Å². The van der Waals surface area contributed by atoms with Crippen molar-refractivity contribution in [2.75, 3.05) is 47.4 Å². The Hall–Kier alpha value is -3.76. The highest BCUT2D eigenvalue weighted by atomic mass is 35.5. The summed E-state index contributed by atoms with van der Waals surface area (Å²) < 4.78 is 0. The number of fused-ring (bicyclic) bond motifs is 1. The molecule has 2 aromatic heterocycles. The Morgan fingerprint density at radius 2 is 1.77 bits per heavy atom. The second kappa shape index (κ2) is 9.85. The third kappa shape index (κ3) is 5.18. The van der Waals surface area contributed by atoms with E-state index in [0.717, 1.165) is 54.0 Å². The van der Waals surface area contributed by atoms with Crippen molar-refractivity contribution in [3.63, 3.8) is 0 Å². The van der Waals surface area contributed by atoms with Crippen molar-refractivity contribution in [1.29, 1.82) is 0 Å². The van der Waals surface area contributed by atoms with Crippen LogP contribution in [0.15, 0.2) is 54.7 Å². The van der Waals surface area contributed by atoms with Crippen LogP contribution in [0.3, 0.4) is 0 Å². The molecule has 5 rings (SSSR count). The summed E-state index contributed by atoms with van der Waals surface area (Å²) in [4.78, 5) is 21.7. The predicted octanol–water partition coefficient (Wildman–Crippen LogP) is 4.23. The van der Waals surface area contributed by atoms with E-state index in [1.165, 1.54) is 0 Å². The minimum absolute atomic E-state index is 0.107. The van der Waals surface area contributed by atoms with Gasteiger partial charge in [-0.05, 0) is 55.0 Å². The summed E-state index contributed by atoms with van der Waals surface area (Å²) in [5, 5.41) is 8.61. The summed E-state index contributed by atoms with van der Waals surface area (Å²) >= 11 is 11.8. The van der Waals surface area contributed by atoms with Crippen LogP contribution in [-0.4, -0.2) is 56.1 Å². The van der Waals surface area contributed by atoms with Crippen LogP contribution in [0.1, 0.15) is 5.56 Å². The summed E-state index contributed by atoms with van der Waals surface area (Å²) in [7, 11) is 0. The third-order valence-corrected chi connectivity index (χ3v) is 6.45. The minimum Gasteiger partial charge on any atom is -0.368 e. The molecule has 11 heteroatoms. The molecule has 178 valence electrons. The number of rotatable bonds is 4. The fourth-order valence-corrected chi connectivity index (χ4v) is 4.48. The molecule has 0 amide bonds. The number of nitrogens with one attached hydrogen (secondary N) is 2. The van der Waals surface area contributed by atoms with E-state index in [1.54, 1.807) is 0 Å². The SMILES string of the molecule is Cc1ccccc1Nc1nc(N)nc(NC(=S)N2CCN(c3ccnc4cc(Cl)ccc34)CC2)n1. The van der Waals surface area contributed by atoms with Crippen molar-refractivity contribution in [2.45, 2.75) is 6.92 Å². The lowest BCUT2D eigenvalue weighted by atomic mass is 10.1. The van der Waals surface area contributed by atoms with E-state index < -0.39 is 0 Å². The van der Waals surface area contributed by atoms with E-state index in [0.29, 0.717) is 22.0 Å². The Bertz CT molecular complexity index is 1390. The number of nitrogens with zero attached hydrogens (tertiary/aromatic N) is 6. The molecule has 1 aliphatic heterocycles. The topological polar surface area (TPSA) is 108 Å². The largest absolute Gasteiger partial charge is 0.368 e. The van der Waals surface area contributed by atoms with Crippen LogP contribution in [0.4, 0.5) is 29.2 Å². The molecular weight excluding hydrogens is 482 g/mol. The second-order valence-corrected chi connectivity index (χ2v) is 9.00. The van der Waals surface area contributed by atoms with E-state index in [-0.39, 0.29) is 5.95 Å². The highest BCUT2D eigenvalue weighted by molar-refractivity contribution is 7.80. The highest BCUT2D eigenvalue weighted by Crippen LogP contribution is 2.28. The third-order valence-electron chi connectivity index (χ3n) is 5.85. The van der Waals surface area contributed by atoms with E-state index in [2.05, 4.69) is 40.4 Å². The molecule has 9 nitrogen and oxygen atoms in total. The lowest BCUT2D eigenvalue weighted by molar-refractivity contribution is 0.391. The molecule has 4 aromatic rings. The highest BCUT2D eigenvalue weighted by Gasteiger charge is 2.21. The van der Waals surface area contributed by atoms with Gasteiger partial charge in [0.25, 0.3) is 0 Å². The minimum atomic E-state index is 0.107. The molecule has 1 saturated heterocycles. The number of aromatic nitrogens is 4. The number of piperazine rings is 1. The zero-order chi connectivity index (χ0) is 24.4. The molecule has 1 fully saturated rings. The van der Waals surface area contributed by atoms with E-state index in [1.807, 2.05) is 61.7 Å². The number of anilines is 5. The molecule has 3 heterocycles. The van der Waals surface area contributed by atoms with Gasteiger partial charge in [0.05, 0.1) is 5.52 Å². The Labute approximate surface area is 213 Å². The molecule has 0 atom stereocenters. The Morgan fingerprint density at radius 1 is 1.00 bits per heavy atom. The van der Waals surface area contributed by atoms with Crippen LogP contribution in [-0.2, 0) is 0 Å². The van der Waals surface area contributed by atoms with Gasteiger partial charge in [0.1, 0.15) is 0 Å². The smallest absolute Gasteiger partial charge is 0.235 e. The van der Waals surface area contributed by atoms with Gasteiger partial charge in [-0.15, -0.1) is 0 Å². The predicted molar refractivity (Wildman–Crippen MR) is 145 cm³/mol. The van der Waals surface area contributed by atoms with Gasteiger partial charge in [-0.1, -0.05) is 29.8 Å². The molecule has 0 unspecified atom stereocenters. The van der Waals surface area contributed by atoms with Gasteiger partial charge < -0.3 is 26.2 Å². The van der Waals surface area contributed by atoms with Crippen molar-refractivity contribution in [1.82, 2.24) is 24.8 Å². The maximum absolute atomic E-state index is 6.14. The van der Waals surface area contributed by atoms with Gasteiger partial charge in [0.2, 0.25) is 17.8 Å². The molecule has 0 bridgehead atoms. The average Bonchev–Trinajstić information content (AvgIpc) is 2.84. The number of nitrogen functional groups attached to an aromatic ring is 1. The maximum Gasteiger partial charge on any atom is 0.235 e. The second-order valence-electron chi connectivity index (χ2n) is 8.18. The fourth-order valence-electron chi connectivity index (χ4n) is 4.04. The van der Waals surface area contributed by atoms with Crippen molar-refractivity contribution >= 4 is 69.1 Å². The van der Waals surface area contributed by atoms with Crippen LogP contribution >= 0.6 is 23.8 Å². The van der Waals surface area contributed by atoms with Gasteiger partial charge in [0.15, 0.2) is 5.11 Å². The Balaban J connectivity index is 1.24. The van der Waals surface area contributed by atoms with E-state index in [4.69, 9.17) is 29.6 Å². The van der Waals surface area contributed by atoms with Gasteiger partial charge in [-0.25, -0.2) is 0 Å². The van der Waals surface area contributed by atoms with Gasteiger partial charge in [0, 0.05) is 54.2 Å². The van der Waals surface area contributed by atoms with Crippen molar-refractivity contribution < 1.29 is 0 Å².